The fourth-order valence-corrected chi connectivity index (χ4v) is 0. The minimum atomic E-state index is -5.39. The third-order valence-electron chi connectivity index (χ3n) is 0. The Bertz CT molecular complexity index is 213. The van der Waals surface area contributed by atoms with E-state index >= 15 is 0 Å². The summed E-state index contributed by atoms with van der Waals surface area (Å²) >= 11 is 0. The van der Waals surface area contributed by atoms with Crippen molar-refractivity contribution >= 4 is 60.6 Å². The van der Waals surface area contributed by atoms with Gasteiger partial charge in [0.2, 0.25) is 0 Å². The zero-order valence-electron chi connectivity index (χ0n) is 7.97. The summed E-state index contributed by atoms with van der Waals surface area (Å²) < 4.78 is 25.6. The molecule has 0 N–H and O–H groups in total. The van der Waals surface area contributed by atoms with Gasteiger partial charge in [-0.05, 0) is 0 Å². The zero-order chi connectivity index (χ0) is 13.5. The molecule has 0 aromatic heterocycles. The molecule has 0 unspecified atom stereocenters. The summed E-state index contributed by atoms with van der Waals surface area (Å²) in [6.07, 6.45) is 0. The van der Waals surface area contributed by atoms with Crippen LogP contribution >= 0.6 is 23.5 Å². The Labute approximate surface area is 152 Å². The molecule has 18 heavy (non-hydrogen) atoms. The number of rotatable bonds is 0. The van der Waals surface area contributed by atoms with Gasteiger partial charge in [0.15, 0.2) is 0 Å². The first-order chi connectivity index (χ1) is 6.00. The molecule has 0 aromatic rings. The molecule has 0 radical (unpaired) electrons. The predicted octanol–water partition coefficient (Wildman–Crippen LogP) is -9.24. The van der Waals surface area contributed by atoms with Crippen molar-refractivity contribution in [1.82, 2.24) is 0 Å². The van der Waals surface area contributed by atoms with E-state index in [1.807, 2.05) is 0 Å². The van der Waals surface area contributed by atoms with Gasteiger partial charge in [-0.2, -0.15) is 23.5 Å². The van der Waals surface area contributed by atoms with Crippen LogP contribution in [0.3, 0.4) is 0 Å². The Kier molecular flexibility index (Phi) is 33.2. The van der Waals surface area contributed by atoms with Crippen LogP contribution < -0.4 is 44.0 Å². The van der Waals surface area contributed by atoms with Gasteiger partial charge in [-0.1, -0.05) is 0 Å². The van der Waals surface area contributed by atoms with Gasteiger partial charge in [0, 0.05) is 0 Å². The van der Waals surface area contributed by atoms with Crippen molar-refractivity contribution in [3.8, 4) is 0 Å². The molecule has 18 heteroatoms. The zero-order valence-corrected chi connectivity index (χ0v) is 17.9. The summed E-state index contributed by atoms with van der Waals surface area (Å²) in [6.45, 7) is 0. The topological polar surface area (TPSA) is 259 Å². The average Bonchev–Trinajstić information content (AvgIpc) is 1.41. The molecule has 0 fully saturated rings. The minimum absolute atomic E-state index is 0. The van der Waals surface area contributed by atoms with E-state index < -0.39 is 23.5 Å². The first-order valence-electron chi connectivity index (χ1n) is 2.19. The molecule has 0 heterocycles. The van der Waals surface area contributed by atoms with E-state index in [4.69, 9.17) is 57.7 Å². The van der Waals surface area contributed by atoms with Crippen LogP contribution in [-0.4, -0.2) is 37.2 Å². The van der Waals surface area contributed by atoms with Crippen molar-refractivity contribution < 1.29 is 93.3 Å². The average molecular weight is 521 g/mol. The largest absolute Gasteiger partial charge is 3.00 e. The van der Waals surface area contributed by atoms with Crippen molar-refractivity contribution in [1.29, 1.82) is 0 Å². The Hall–Kier alpha value is 2.69. The van der Waals surface area contributed by atoms with E-state index in [1.165, 1.54) is 0 Å². The maximum absolute atomic E-state index is 8.55. The van der Waals surface area contributed by atoms with Crippen LogP contribution in [0.5, 0.6) is 0 Å². The van der Waals surface area contributed by atoms with E-state index in [-0.39, 0.29) is 72.8 Å². The molecule has 0 saturated carbocycles. The van der Waals surface area contributed by atoms with Gasteiger partial charge in [-0.25, -0.2) is 0 Å². The molecule has 0 aromatic carbocycles. The fraction of sp³-hybridized carbons (Fsp3) is 0. The van der Waals surface area contributed by atoms with E-state index in [0.29, 0.717) is 0 Å². The second-order valence-electron chi connectivity index (χ2n) is 1.34. The Morgan fingerprint density at radius 1 is 0.500 bits per heavy atom. The quantitative estimate of drug-likeness (QED) is 0.213. The Balaban J connectivity index is -0.0000000277. The summed E-state index contributed by atoms with van der Waals surface area (Å²) in [4.78, 5) is 76.9. The second kappa shape index (κ2) is 16.1. The molecule has 0 amide bonds. The third kappa shape index (κ3) is 807. The molecule has 0 spiro atoms. The van der Waals surface area contributed by atoms with Gasteiger partial charge in [0.25, 0.3) is 0 Å². The van der Waals surface area contributed by atoms with Gasteiger partial charge >= 0.3 is 72.8 Å². The van der Waals surface area contributed by atoms with Crippen LogP contribution in [0.25, 0.3) is 0 Å². The van der Waals surface area contributed by atoms with Crippen molar-refractivity contribution in [2.45, 2.75) is 0 Å². The number of hydrogen-bond acceptors (Lipinski definition) is 12. The summed E-state index contributed by atoms with van der Waals surface area (Å²) in [5, 5.41) is 0. The normalized spacial score (nSPS) is 9.83. The first kappa shape index (κ1) is 37.2. The molecule has 12 nitrogen and oxygen atoms in total. The van der Waals surface area contributed by atoms with Gasteiger partial charge < -0.3 is 57.7 Å². The van der Waals surface area contributed by atoms with Crippen LogP contribution in [0.15, 0.2) is 0 Å². The van der Waals surface area contributed by atoms with E-state index in [9.17, 15) is 0 Å². The Morgan fingerprint density at radius 3 is 0.500 bits per heavy atom. The van der Waals surface area contributed by atoms with Crippen molar-refractivity contribution in [3.63, 3.8) is 0 Å². The first-order valence-corrected chi connectivity index (χ1v) is 6.57. The van der Waals surface area contributed by atoms with Crippen molar-refractivity contribution in [2.75, 3.05) is 0 Å². The van der Waals surface area contributed by atoms with Crippen molar-refractivity contribution in [2.24, 2.45) is 0 Å². The standard InChI is InChI=1S/Al.Ga.La.3H3O4P/c;;;3*1-5(2,3)4/h;;;3*(H3,1,2,3,4)/q3*+3;;;/p-9. The molecule has 96 valence electrons. The fourth-order valence-electron chi connectivity index (χ4n) is 0. The molecule has 0 aliphatic rings. The van der Waals surface area contributed by atoms with E-state index in [1.54, 1.807) is 0 Å². The van der Waals surface area contributed by atoms with Crippen LogP contribution in [0, 0.1) is 35.6 Å². The maximum atomic E-state index is 8.55. The SMILES string of the molecule is O=P([O-])([O-])[O-].O=P([O-])([O-])[O-].O=P([O-])([O-])[O-].[Al+3].[Ga+3].[La+3]. The molecule has 0 atom stereocenters. The Morgan fingerprint density at radius 2 is 0.500 bits per heavy atom. The van der Waals surface area contributed by atoms with Crippen LogP contribution in [0.2, 0.25) is 0 Å². The summed E-state index contributed by atoms with van der Waals surface area (Å²) in [5.41, 5.74) is 0. The minimum Gasteiger partial charge on any atom is -0.822 e. The molecule has 0 bridgehead atoms. The molecular weight excluding hydrogens is 521 g/mol. The molecule has 0 rings (SSSR count). The van der Waals surface area contributed by atoms with E-state index in [0.717, 1.165) is 0 Å². The molecule has 0 aliphatic heterocycles. The molecule has 0 saturated heterocycles. The summed E-state index contributed by atoms with van der Waals surface area (Å²) in [6, 6.07) is 0. The molecule has 0 aliphatic carbocycles. The number of hydrogen-bond donors (Lipinski definition) is 0. The third-order valence-corrected chi connectivity index (χ3v) is 0. The van der Waals surface area contributed by atoms with Gasteiger partial charge in [-0.15, -0.1) is 0 Å². The van der Waals surface area contributed by atoms with Crippen LogP contribution in [0.1, 0.15) is 0 Å². The molecular formula is AlGaLaO12P3. The maximum Gasteiger partial charge on any atom is 3.00 e. The smallest absolute Gasteiger partial charge is 0.822 e. The van der Waals surface area contributed by atoms with Gasteiger partial charge in [0.1, 0.15) is 0 Å². The summed E-state index contributed by atoms with van der Waals surface area (Å²) in [5.74, 6) is 0. The van der Waals surface area contributed by atoms with Gasteiger partial charge in [0.05, 0.1) is 0 Å². The predicted molar refractivity (Wildman–Crippen MR) is 34.3 cm³/mol. The van der Waals surface area contributed by atoms with Crippen LogP contribution in [-0.2, 0) is 13.7 Å². The number of phosphoric acid groups is 3. The van der Waals surface area contributed by atoms with Crippen molar-refractivity contribution in [3.05, 3.63) is 0 Å². The van der Waals surface area contributed by atoms with Crippen LogP contribution in [0.4, 0.5) is 0 Å². The van der Waals surface area contributed by atoms with Gasteiger partial charge in [-0.3, -0.25) is 0 Å². The second-order valence-corrected chi connectivity index (χ2v) is 4.02. The summed E-state index contributed by atoms with van der Waals surface area (Å²) in [7, 11) is -16.2. The van der Waals surface area contributed by atoms with E-state index in [2.05, 4.69) is 0 Å². The monoisotopic (exact) mass is 520 g/mol.